The first kappa shape index (κ1) is 12.1. The second kappa shape index (κ2) is 5.34. The van der Waals surface area contributed by atoms with E-state index >= 15 is 0 Å². The molecule has 0 aliphatic carbocycles. The van der Waals surface area contributed by atoms with Crippen LogP contribution < -0.4 is 4.74 Å². The van der Waals surface area contributed by atoms with Crippen LogP contribution in [-0.4, -0.2) is 12.4 Å². The number of benzene rings is 1. The number of aryl methyl sites for hydroxylation is 1. The zero-order valence-corrected chi connectivity index (χ0v) is 10.8. The molecule has 0 spiro atoms. The van der Waals surface area contributed by atoms with Gasteiger partial charge in [0.15, 0.2) is 6.61 Å². The van der Waals surface area contributed by atoms with Crippen LogP contribution in [0.5, 0.6) is 5.75 Å². The Balaban J connectivity index is 2.01. The van der Waals surface area contributed by atoms with E-state index in [1.165, 1.54) is 11.3 Å². The first-order valence-corrected chi connectivity index (χ1v) is 6.38. The molecule has 0 aliphatic heterocycles. The van der Waals surface area contributed by atoms with Crippen LogP contribution in [0.1, 0.15) is 15.2 Å². The van der Waals surface area contributed by atoms with Crippen LogP contribution >= 0.6 is 22.9 Å². The van der Waals surface area contributed by atoms with Crippen molar-refractivity contribution in [2.24, 2.45) is 0 Å². The molecule has 1 aromatic heterocycles. The van der Waals surface area contributed by atoms with Gasteiger partial charge in [-0.25, -0.2) is 0 Å². The first-order valence-electron chi connectivity index (χ1n) is 5.12. The van der Waals surface area contributed by atoms with Crippen LogP contribution in [0.4, 0.5) is 0 Å². The van der Waals surface area contributed by atoms with Gasteiger partial charge in [0.1, 0.15) is 5.75 Å². The summed E-state index contributed by atoms with van der Waals surface area (Å²) in [7, 11) is 0. The van der Waals surface area contributed by atoms with Gasteiger partial charge in [-0.15, -0.1) is 11.3 Å². The maximum Gasteiger partial charge on any atom is 0.210 e. The first-order chi connectivity index (χ1) is 8.16. The Labute approximate surface area is 109 Å². The van der Waals surface area contributed by atoms with Crippen molar-refractivity contribution < 1.29 is 9.53 Å². The molecular weight excluding hydrogens is 256 g/mol. The van der Waals surface area contributed by atoms with E-state index in [1.54, 1.807) is 18.2 Å². The van der Waals surface area contributed by atoms with Gasteiger partial charge in [0, 0.05) is 5.02 Å². The second-order valence-electron chi connectivity index (χ2n) is 3.60. The van der Waals surface area contributed by atoms with Gasteiger partial charge in [0.05, 0.1) is 4.88 Å². The fourth-order valence-corrected chi connectivity index (χ4v) is 2.30. The molecule has 2 nitrogen and oxygen atoms in total. The van der Waals surface area contributed by atoms with Gasteiger partial charge in [-0.2, -0.15) is 0 Å². The monoisotopic (exact) mass is 266 g/mol. The van der Waals surface area contributed by atoms with E-state index in [4.69, 9.17) is 16.3 Å². The molecule has 0 radical (unpaired) electrons. The lowest BCUT2D eigenvalue weighted by atomic mass is 10.2. The Bertz CT molecular complexity index is 520. The molecule has 2 aromatic rings. The van der Waals surface area contributed by atoms with Crippen LogP contribution in [0, 0.1) is 6.92 Å². The predicted octanol–water partition coefficient (Wildman–Crippen LogP) is 3.97. The molecule has 0 N–H and O–H groups in total. The molecule has 0 amide bonds. The maximum absolute atomic E-state index is 11.7. The summed E-state index contributed by atoms with van der Waals surface area (Å²) in [6, 6.07) is 8.99. The van der Waals surface area contributed by atoms with Gasteiger partial charge < -0.3 is 4.74 Å². The van der Waals surface area contributed by atoms with Crippen molar-refractivity contribution in [1.82, 2.24) is 0 Å². The normalized spacial score (nSPS) is 10.2. The molecule has 88 valence electrons. The smallest absolute Gasteiger partial charge is 0.210 e. The van der Waals surface area contributed by atoms with Crippen molar-refractivity contribution in [3.8, 4) is 5.75 Å². The van der Waals surface area contributed by atoms with Gasteiger partial charge in [0.2, 0.25) is 5.78 Å². The Morgan fingerprint density at radius 2 is 2.24 bits per heavy atom. The third kappa shape index (κ3) is 3.08. The summed E-state index contributed by atoms with van der Waals surface area (Å²) < 4.78 is 5.48. The van der Waals surface area contributed by atoms with E-state index in [0.29, 0.717) is 10.8 Å². The van der Waals surface area contributed by atoms with Crippen molar-refractivity contribution in [1.29, 1.82) is 0 Å². The van der Waals surface area contributed by atoms with Gasteiger partial charge in [0.25, 0.3) is 0 Å². The number of carbonyl (C=O) groups is 1. The summed E-state index contributed by atoms with van der Waals surface area (Å²) in [5.74, 6) is 0.689. The molecule has 1 aromatic carbocycles. The van der Waals surface area contributed by atoms with Gasteiger partial charge in [-0.3, -0.25) is 4.79 Å². The van der Waals surface area contributed by atoms with Gasteiger partial charge in [-0.05, 0) is 42.1 Å². The lowest BCUT2D eigenvalue weighted by Crippen LogP contribution is -2.10. The summed E-state index contributed by atoms with van der Waals surface area (Å²) >= 11 is 7.26. The molecule has 0 saturated heterocycles. The van der Waals surface area contributed by atoms with Crippen LogP contribution in [-0.2, 0) is 0 Å². The molecule has 0 unspecified atom stereocenters. The Morgan fingerprint density at radius 1 is 1.41 bits per heavy atom. The summed E-state index contributed by atoms with van der Waals surface area (Å²) in [6.45, 7) is 1.96. The molecule has 0 atom stereocenters. The molecule has 0 bridgehead atoms. The van der Waals surface area contributed by atoms with Crippen molar-refractivity contribution in [2.45, 2.75) is 6.92 Å². The van der Waals surface area contributed by atoms with E-state index in [9.17, 15) is 4.79 Å². The van der Waals surface area contributed by atoms with Crippen molar-refractivity contribution >= 4 is 28.7 Å². The number of thiophene rings is 1. The zero-order chi connectivity index (χ0) is 12.3. The quantitative estimate of drug-likeness (QED) is 0.783. The number of ether oxygens (including phenoxy) is 1. The third-order valence-corrected chi connectivity index (χ3v) is 3.44. The molecule has 17 heavy (non-hydrogen) atoms. The van der Waals surface area contributed by atoms with Crippen molar-refractivity contribution in [3.05, 3.63) is 51.2 Å². The number of Topliss-reactive ketones (excluding diaryl/α,β-unsaturated/α-hetero) is 1. The van der Waals surface area contributed by atoms with E-state index < -0.39 is 0 Å². The topological polar surface area (TPSA) is 26.3 Å². The molecule has 0 fully saturated rings. The van der Waals surface area contributed by atoms with E-state index in [2.05, 4.69) is 0 Å². The molecule has 0 aliphatic rings. The Morgan fingerprint density at radius 3 is 2.88 bits per heavy atom. The lowest BCUT2D eigenvalue weighted by Gasteiger charge is -2.07. The average molecular weight is 267 g/mol. The summed E-state index contributed by atoms with van der Waals surface area (Å²) in [6.07, 6.45) is 0. The minimum atomic E-state index is -0.00523. The fourth-order valence-electron chi connectivity index (χ4n) is 1.43. The highest BCUT2D eigenvalue weighted by atomic mass is 35.5. The Hall–Kier alpha value is -1.32. The zero-order valence-electron chi connectivity index (χ0n) is 9.27. The second-order valence-corrected chi connectivity index (χ2v) is 4.98. The predicted molar refractivity (Wildman–Crippen MR) is 70.3 cm³/mol. The highest BCUT2D eigenvalue weighted by Gasteiger charge is 2.08. The molecular formula is C13H11ClO2S. The fraction of sp³-hybridized carbons (Fsp3) is 0.154. The largest absolute Gasteiger partial charge is 0.485 e. The Kier molecular flexibility index (Phi) is 3.82. The van der Waals surface area contributed by atoms with Crippen LogP contribution in [0.2, 0.25) is 5.02 Å². The molecule has 2 rings (SSSR count). The summed E-state index contributed by atoms with van der Waals surface area (Å²) in [5, 5.41) is 2.54. The lowest BCUT2D eigenvalue weighted by molar-refractivity contribution is 0.0925. The standard InChI is InChI=1S/C13H11ClO2S/c1-9-7-10(14)4-5-12(9)16-8-11(15)13-3-2-6-17-13/h2-7H,8H2,1H3. The summed E-state index contributed by atoms with van der Waals surface area (Å²) in [4.78, 5) is 12.4. The molecule has 4 heteroatoms. The number of hydrogen-bond acceptors (Lipinski definition) is 3. The number of rotatable bonds is 4. The maximum atomic E-state index is 11.7. The number of hydrogen-bond donors (Lipinski definition) is 0. The number of halogens is 1. The minimum absolute atomic E-state index is 0.00523. The minimum Gasteiger partial charge on any atom is -0.485 e. The van der Waals surface area contributed by atoms with Gasteiger partial charge in [-0.1, -0.05) is 17.7 Å². The van der Waals surface area contributed by atoms with Crippen molar-refractivity contribution in [2.75, 3.05) is 6.61 Å². The van der Waals surface area contributed by atoms with E-state index in [0.717, 1.165) is 10.4 Å². The third-order valence-electron chi connectivity index (χ3n) is 2.29. The van der Waals surface area contributed by atoms with Crippen LogP contribution in [0.15, 0.2) is 35.7 Å². The highest BCUT2D eigenvalue weighted by molar-refractivity contribution is 7.12. The summed E-state index contributed by atoms with van der Waals surface area (Å²) in [5.41, 5.74) is 0.927. The van der Waals surface area contributed by atoms with Crippen molar-refractivity contribution in [3.63, 3.8) is 0 Å². The molecule has 0 saturated carbocycles. The van der Waals surface area contributed by atoms with E-state index in [-0.39, 0.29) is 12.4 Å². The number of carbonyl (C=O) groups excluding carboxylic acids is 1. The van der Waals surface area contributed by atoms with E-state index in [1.807, 2.05) is 24.4 Å². The van der Waals surface area contributed by atoms with Crippen LogP contribution in [0.3, 0.4) is 0 Å². The van der Waals surface area contributed by atoms with Crippen LogP contribution in [0.25, 0.3) is 0 Å². The number of ketones is 1. The SMILES string of the molecule is Cc1cc(Cl)ccc1OCC(=O)c1cccs1. The molecule has 1 heterocycles. The van der Waals surface area contributed by atoms with Gasteiger partial charge >= 0.3 is 0 Å². The average Bonchev–Trinajstić information content (AvgIpc) is 2.81. The highest BCUT2D eigenvalue weighted by Crippen LogP contribution is 2.22.